The fourth-order valence-electron chi connectivity index (χ4n) is 1.76. The smallest absolute Gasteiger partial charge is 0.303 e. The predicted octanol–water partition coefficient (Wildman–Crippen LogP) is 0.259. The van der Waals surface area contributed by atoms with Crippen molar-refractivity contribution >= 4 is 11.8 Å². The SMILES string of the molecule is N#Cc1ccnnc1N1CC(CC(=O)O)C1. The second kappa shape index (κ2) is 4.14. The van der Waals surface area contributed by atoms with Gasteiger partial charge in [0, 0.05) is 19.0 Å². The molecule has 0 spiro atoms. The van der Waals surface area contributed by atoms with Gasteiger partial charge >= 0.3 is 5.97 Å². The molecular formula is C10H10N4O2. The maximum atomic E-state index is 10.5. The molecular weight excluding hydrogens is 208 g/mol. The van der Waals surface area contributed by atoms with Crippen molar-refractivity contribution in [2.75, 3.05) is 18.0 Å². The highest BCUT2D eigenvalue weighted by Crippen LogP contribution is 2.26. The second-order valence-corrected chi connectivity index (χ2v) is 3.75. The van der Waals surface area contributed by atoms with Crippen LogP contribution in [0.1, 0.15) is 12.0 Å². The molecule has 0 unspecified atom stereocenters. The van der Waals surface area contributed by atoms with E-state index in [1.807, 2.05) is 11.0 Å². The summed E-state index contributed by atoms with van der Waals surface area (Å²) in [5.74, 6) is -0.0954. The molecule has 1 fully saturated rings. The lowest BCUT2D eigenvalue weighted by Crippen LogP contribution is -2.48. The van der Waals surface area contributed by atoms with Gasteiger partial charge in [0.2, 0.25) is 0 Å². The Balaban J connectivity index is 2.02. The topological polar surface area (TPSA) is 90.1 Å². The first-order chi connectivity index (χ1) is 7.70. The van der Waals surface area contributed by atoms with Gasteiger partial charge in [0.1, 0.15) is 6.07 Å². The third-order valence-electron chi connectivity index (χ3n) is 2.54. The minimum Gasteiger partial charge on any atom is -0.481 e. The number of rotatable bonds is 3. The molecule has 0 amide bonds. The zero-order chi connectivity index (χ0) is 11.5. The Morgan fingerprint density at radius 2 is 2.44 bits per heavy atom. The summed E-state index contributed by atoms with van der Waals surface area (Å²) in [5.41, 5.74) is 0.476. The number of aromatic nitrogens is 2. The lowest BCUT2D eigenvalue weighted by molar-refractivity contribution is -0.138. The van der Waals surface area contributed by atoms with Crippen molar-refractivity contribution < 1.29 is 9.90 Å². The number of anilines is 1. The molecule has 1 N–H and O–H groups in total. The first-order valence-corrected chi connectivity index (χ1v) is 4.89. The molecule has 0 atom stereocenters. The number of carboxylic acids is 1. The van der Waals surface area contributed by atoms with Crippen molar-refractivity contribution in [3.63, 3.8) is 0 Å². The van der Waals surface area contributed by atoms with E-state index in [1.54, 1.807) is 6.07 Å². The van der Waals surface area contributed by atoms with Crippen LogP contribution in [0.5, 0.6) is 0 Å². The molecule has 0 radical (unpaired) electrons. The Labute approximate surface area is 92.1 Å². The van der Waals surface area contributed by atoms with Crippen molar-refractivity contribution in [2.45, 2.75) is 6.42 Å². The minimum atomic E-state index is -0.788. The maximum Gasteiger partial charge on any atom is 0.303 e. The largest absolute Gasteiger partial charge is 0.481 e. The summed E-state index contributed by atoms with van der Waals surface area (Å²) in [4.78, 5) is 12.3. The summed E-state index contributed by atoms with van der Waals surface area (Å²) in [6.45, 7) is 1.25. The normalized spacial score (nSPS) is 15.3. The third kappa shape index (κ3) is 1.93. The molecule has 1 aromatic rings. The molecule has 2 heterocycles. The summed E-state index contributed by atoms with van der Waals surface area (Å²) < 4.78 is 0. The monoisotopic (exact) mass is 218 g/mol. The summed E-state index contributed by atoms with van der Waals surface area (Å²) in [6, 6.07) is 3.64. The molecule has 2 rings (SSSR count). The molecule has 1 aromatic heterocycles. The number of hydrogen-bond donors (Lipinski definition) is 1. The van der Waals surface area contributed by atoms with Gasteiger partial charge < -0.3 is 10.0 Å². The number of nitriles is 1. The number of nitrogens with zero attached hydrogens (tertiary/aromatic N) is 4. The molecule has 0 aromatic carbocycles. The quantitative estimate of drug-likeness (QED) is 0.782. The van der Waals surface area contributed by atoms with Gasteiger partial charge in [-0.15, -0.1) is 5.10 Å². The van der Waals surface area contributed by atoms with Crippen molar-refractivity contribution in [2.24, 2.45) is 5.92 Å². The highest BCUT2D eigenvalue weighted by Gasteiger charge is 2.30. The van der Waals surface area contributed by atoms with Crippen molar-refractivity contribution in [1.82, 2.24) is 10.2 Å². The summed E-state index contributed by atoms with van der Waals surface area (Å²) in [7, 11) is 0. The summed E-state index contributed by atoms with van der Waals surface area (Å²) >= 11 is 0. The van der Waals surface area contributed by atoms with Gasteiger partial charge in [-0.3, -0.25) is 4.79 Å². The lowest BCUT2D eigenvalue weighted by atomic mass is 9.96. The number of carbonyl (C=O) groups is 1. The van der Waals surface area contributed by atoms with Crippen LogP contribution in [0.4, 0.5) is 5.82 Å². The highest BCUT2D eigenvalue weighted by molar-refractivity contribution is 5.68. The maximum absolute atomic E-state index is 10.5. The van der Waals surface area contributed by atoms with Gasteiger partial charge in [0.25, 0.3) is 0 Å². The summed E-state index contributed by atoms with van der Waals surface area (Å²) in [5, 5.41) is 25.1. The standard InChI is InChI=1S/C10H10N4O2/c11-4-8-1-2-12-13-10(8)14-5-7(6-14)3-9(15)16/h1-2,7H,3,5-6H2,(H,15,16). The van der Waals surface area contributed by atoms with Crippen LogP contribution < -0.4 is 4.90 Å². The van der Waals surface area contributed by atoms with Crippen LogP contribution in [0.2, 0.25) is 0 Å². The van der Waals surface area contributed by atoms with E-state index in [2.05, 4.69) is 10.2 Å². The van der Waals surface area contributed by atoms with E-state index in [1.165, 1.54) is 6.20 Å². The number of hydrogen-bond acceptors (Lipinski definition) is 5. The Bertz CT molecular complexity index is 448. The van der Waals surface area contributed by atoms with E-state index in [0.717, 1.165) is 0 Å². The zero-order valence-electron chi connectivity index (χ0n) is 8.50. The van der Waals surface area contributed by atoms with E-state index < -0.39 is 5.97 Å². The van der Waals surface area contributed by atoms with Crippen LogP contribution in [0.15, 0.2) is 12.3 Å². The van der Waals surface area contributed by atoms with E-state index in [9.17, 15) is 4.79 Å². The lowest BCUT2D eigenvalue weighted by Gasteiger charge is -2.39. The van der Waals surface area contributed by atoms with Gasteiger partial charge in [-0.25, -0.2) is 0 Å². The van der Waals surface area contributed by atoms with Crippen LogP contribution in [-0.2, 0) is 4.79 Å². The number of aliphatic carboxylic acids is 1. The van der Waals surface area contributed by atoms with Crippen LogP contribution >= 0.6 is 0 Å². The second-order valence-electron chi connectivity index (χ2n) is 3.75. The van der Waals surface area contributed by atoms with E-state index in [0.29, 0.717) is 24.5 Å². The Morgan fingerprint density at radius 1 is 1.69 bits per heavy atom. The first-order valence-electron chi connectivity index (χ1n) is 4.89. The zero-order valence-corrected chi connectivity index (χ0v) is 8.50. The fraction of sp³-hybridized carbons (Fsp3) is 0.400. The molecule has 16 heavy (non-hydrogen) atoms. The first kappa shape index (κ1) is 10.4. The van der Waals surface area contributed by atoms with Crippen molar-refractivity contribution in [1.29, 1.82) is 5.26 Å². The Morgan fingerprint density at radius 3 is 3.06 bits per heavy atom. The predicted molar refractivity (Wildman–Crippen MR) is 54.7 cm³/mol. The Hall–Kier alpha value is -2.16. The van der Waals surface area contributed by atoms with E-state index in [4.69, 9.17) is 10.4 Å². The average molecular weight is 218 g/mol. The van der Waals surface area contributed by atoms with Crippen molar-refractivity contribution in [3.05, 3.63) is 17.8 Å². The van der Waals surface area contributed by atoms with Crippen LogP contribution in [0, 0.1) is 17.2 Å². The van der Waals surface area contributed by atoms with Gasteiger partial charge in [-0.2, -0.15) is 10.4 Å². The summed E-state index contributed by atoms with van der Waals surface area (Å²) in [6.07, 6.45) is 1.63. The molecule has 0 saturated carbocycles. The molecule has 0 bridgehead atoms. The number of carboxylic acid groups (broad SMARTS) is 1. The van der Waals surface area contributed by atoms with Gasteiger partial charge in [-0.05, 0) is 6.07 Å². The molecule has 1 aliphatic rings. The molecule has 6 nitrogen and oxygen atoms in total. The molecule has 1 aliphatic heterocycles. The van der Waals surface area contributed by atoms with E-state index in [-0.39, 0.29) is 12.3 Å². The average Bonchev–Trinajstić information content (AvgIpc) is 2.22. The van der Waals surface area contributed by atoms with Gasteiger partial charge in [-0.1, -0.05) is 0 Å². The van der Waals surface area contributed by atoms with Gasteiger partial charge in [0.05, 0.1) is 18.2 Å². The molecule has 1 saturated heterocycles. The van der Waals surface area contributed by atoms with E-state index >= 15 is 0 Å². The molecule has 0 aliphatic carbocycles. The van der Waals surface area contributed by atoms with Crippen molar-refractivity contribution in [3.8, 4) is 6.07 Å². The highest BCUT2D eigenvalue weighted by atomic mass is 16.4. The van der Waals surface area contributed by atoms with Gasteiger partial charge in [0.15, 0.2) is 5.82 Å². The Kier molecular flexibility index (Phi) is 2.68. The molecule has 6 heteroatoms. The molecule has 82 valence electrons. The van der Waals surface area contributed by atoms with Crippen LogP contribution in [0.3, 0.4) is 0 Å². The van der Waals surface area contributed by atoms with Crippen LogP contribution in [0.25, 0.3) is 0 Å². The van der Waals surface area contributed by atoms with Crippen LogP contribution in [-0.4, -0.2) is 34.4 Å². The minimum absolute atomic E-state index is 0.144. The third-order valence-corrected chi connectivity index (χ3v) is 2.54. The fourth-order valence-corrected chi connectivity index (χ4v) is 1.76.